The maximum Gasteiger partial charge on any atom is 0.238 e. The van der Waals surface area contributed by atoms with Gasteiger partial charge >= 0.3 is 0 Å². The molecule has 1 aromatic carbocycles. The number of carbonyl (C=O) groups excluding carboxylic acids is 2. The Morgan fingerprint density at radius 2 is 2.29 bits per heavy atom. The predicted octanol–water partition coefficient (Wildman–Crippen LogP) is 0.705. The van der Waals surface area contributed by atoms with Gasteiger partial charge in [0.2, 0.25) is 5.91 Å². The van der Waals surface area contributed by atoms with Crippen LogP contribution in [0.4, 0.5) is 5.69 Å². The average molecular weight is 192 g/mol. The number of hydrogen-bond acceptors (Lipinski definition) is 3. The summed E-state index contributed by atoms with van der Waals surface area (Å²) in [6.45, 7) is 1.79. The Labute approximate surface area is 82.1 Å². The molecule has 0 radical (unpaired) electrons. The summed E-state index contributed by atoms with van der Waals surface area (Å²) in [6.07, 6.45) is 0.700. The molecule has 0 spiro atoms. The monoisotopic (exact) mass is 192 g/mol. The normalized spacial score (nSPS) is 9.57. The standard InChI is InChI=1S/C10H12N2O2/c1-7-2-3-8(6-13)9(4-7)12-10(14)5-11/h2-4,6H,5,11H2,1H3,(H,12,14). The summed E-state index contributed by atoms with van der Waals surface area (Å²) in [5.41, 5.74) is 7.09. The molecule has 0 aliphatic carbocycles. The van der Waals surface area contributed by atoms with Crippen molar-refractivity contribution in [2.75, 3.05) is 11.9 Å². The first-order valence-corrected chi connectivity index (χ1v) is 4.23. The summed E-state index contributed by atoms with van der Waals surface area (Å²) in [4.78, 5) is 21.6. The zero-order valence-corrected chi connectivity index (χ0v) is 7.91. The molecule has 1 amide bonds. The van der Waals surface area contributed by atoms with Gasteiger partial charge < -0.3 is 11.1 Å². The lowest BCUT2D eigenvalue weighted by Crippen LogP contribution is -2.22. The molecule has 0 unspecified atom stereocenters. The van der Waals surface area contributed by atoms with E-state index in [0.29, 0.717) is 17.5 Å². The number of benzene rings is 1. The van der Waals surface area contributed by atoms with E-state index in [9.17, 15) is 9.59 Å². The van der Waals surface area contributed by atoms with Gasteiger partial charge in [-0.05, 0) is 24.6 Å². The minimum absolute atomic E-state index is 0.0910. The highest BCUT2D eigenvalue weighted by Gasteiger charge is 2.04. The number of amides is 1. The first-order chi connectivity index (χ1) is 6.67. The highest BCUT2D eigenvalue weighted by molar-refractivity contribution is 5.97. The van der Waals surface area contributed by atoms with Crippen molar-refractivity contribution in [2.45, 2.75) is 6.92 Å². The lowest BCUT2D eigenvalue weighted by molar-refractivity contribution is -0.114. The van der Waals surface area contributed by atoms with E-state index in [2.05, 4.69) is 5.32 Å². The smallest absolute Gasteiger partial charge is 0.238 e. The van der Waals surface area contributed by atoms with Crippen LogP contribution in [-0.4, -0.2) is 18.7 Å². The maximum atomic E-state index is 11.0. The Morgan fingerprint density at radius 1 is 1.57 bits per heavy atom. The topological polar surface area (TPSA) is 72.2 Å². The van der Waals surface area contributed by atoms with Crippen molar-refractivity contribution in [3.05, 3.63) is 29.3 Å². The summed E-state index contributed by atoms with van der Waals surface area (Å²) in [5.74, 6) is -0.307. The number of carbonyl (C=O) groups is 2. The molecule has 0 atom stereocenters. The lowest BCUT2D eigenvalue weighted by Gasteiger charge is -2.06. The molecule has 0 bridgehead atoms. The molecule has 0 heterocycles. The molecule has 4 heteroatoms. The van der Waals surface area contributed by atoms with E-state index in [-0.39, 0.29) is 12.5 Å². The van der Waals surface area contributed by atoms with Crippen LogP contribution >= 0.6 is 0 Å². The van der Waals surface area contributed by atoms with Gasteiger partial charge in [0, 0.05) is 5.56 Å². The number of anilines is 1. The van der Waals surface area contributed by atoms with E-state index in [4.69, 9.17) is 5.73 Å². The third-order valence-corrected chi connectivity index (χ3v) is 1.80. The van der Waals surface area contributed by atoms with Gasteiger partial charge in [0.15, 0.2) is 6.29 Å². The van der Waals surface area contributed by atoms with Crippen LogP contribution in [-0.2, 0) is 4.79 Å². The fourth-order valence-corrected chi connectivity index (χ4v) is 1.08. The minimum Gasteiger partial charge on any atom is -0.324 e. The van der Waals surface area contributed by atoms with Gasteiger partial charge in [-0.3, -0.25) is 9.59 Å². The van der Waals surface area contributed by atoms with Gasteiger partial charge in [-0.25, -0.2) is 0 Å². The fraction of sp³-hybridized carbons (Fsp3) is 0.200. The molecule has 14 heavy (non-hydrogen) atoms. The van der Waals surface area contributed by atoms with Crippen molar-refractivity contribution in [3.63, 3.8) is 0 Å². The summed E-state index contributed by atoms with van der Waals surface area (Å²) < 4.78 is 0. The highest BCUT2D eigenvalue weighted by atomic mass is 16.1. The number of aryl methyl sites for hydroxylation is 1. The van der Waals surface area contributed by atoms with Crippen molar-refractivity contribution in [2.24, 2.45) is 5.73 Å². The number of hydrogen-bond donors (Lipinski definition) is 2. The number of nitrogens with two attached hydrogens (primary N) is 1. The Kier molecular flexibility index (Phi) is 3.36. The molecule has 3 N–H and O–H groups in total. The second-order valence-electron chi connectivity index (χ2n) is 2.96. The van der Waals surface area contributed by atoms with E-state index in [0.717, 1.165) is 5.56 Å². The molecular weight excluding hydrogens is 180 g/mol. The molecule has 4 nitrogen and oxygen atoms in total. The maximum absolute atomic E-state index is 11.0. The van der Waals surface area contributed by atoms with E-state index >= 15 is 0 Å². The number of aldehydes is 1. The third kappa shape index (κ3) is 2.40. The Hall–Kier alpha value is -1.68. The molecule has 0 aliphatic rings. The average Bonchev–Trinajstić information content (AvgIpc) is 2.18. The summed E-state index contributed by atoms with van der Waals surface area (Å²) in [7, 11) is 0. The van der Waals surface area contributed by atoms with Crippen LogP contribution in [0.3, 0.4) is 0 Å². The Balaban J connectivity index is 2.98. The van der Waals surface area contributed by atoms with Gasteiger partial charge in [0.05, 0.1) is 12.2 Å². The van der Waals surface area contributed by atoms with Crippen molar-refractivity contribution in [1.29, 1.82) is 0 Å². The second-order valence-corrected chi connectivity index (χ2v) is 2.96. The summed E-state index contributed by atoms with van der Waals surface area (Å²) in [6, 6.07) is 5.20. The molecule has 0 saturated carbocycles. The van der Waals surface area contributed by atoms with Gasteiger partial charge in [-0.1, -0.05) is 6.07 Å². The number of rotatable bonds is 3. The van der Waals surface area contributed by atoms with Crippen molar-refractivity contribution >= 4 is 17.9 Å². The van der Waals surface area contributed by atoms with Crippen LogP contribution in [0.5, 0.6) is 0 Å². The SMILES string of the molecule is Cc1ccc(C=O)c(NC(=O)CN)c1. The van der Waals surface area contributed by atoms with Crippen LogP contribution in [0, 0.1) is 6.92 Å². The largest absolute Gasteiger partial charge is 0.324 e. The van der Waals surface area contributed by atoms with Crippen LogP contribution in [0.15, 0.2) is 18.2 Å². The lowest BCUT2D eigenvalue weighted by atomic mass is 10.1. The van der Waals surface area contributed by atoms with Crippen molar-refractivity contribution in [1.82, 2.24) is 0 Å². The third-order valence-electron chi connectivity index (χ3n) is 1.80. The van der Waals surface area contributed by atoms with Crippen LogP contribution in [0.2, 0.25) is 0 Å². The Morgan fingerprint density at radius 3 is 2.86 bits per heavy atom. The van der Waals surface area contributed by atoms with Crippen molar-refractivity contribution < 1.29 is 9.59 Å². The van der Waals surface area contributed by atoms with Crippen LogP contribution in [0.1, 0.15) is 15.9 Å². The van der Waals surface area contributed by atoms with Gasteiger partial charge in [0.1, 0.15) is 0 Å². The zero-order valence-electron chi connectivity index (χ0n) is 7.91. The molecule has 0 saturated heterocycles. The minimum atomic E-state index is -0.307. The van der Waals surface area contributed by atoms with Gasteiger partial charge in [0.25, 0.3) is 0 Å². The highest BCUT2D eigenvalue weighted by Crippen LogP contribution is 2.15. The second kappa shape index (κ2) is 4.53. The molecule has 0 aliphatic heterocycles. The van der Waals surface area contributed by atoms with Gasteiger partial charge in [-0.15, -0.1) is 0 Å². The first-order valence-electron chi connectivity index (χ1n) is 4.23. The van der Waals surface area contributed by atoms with E-state index < -0.39 is 0 Å². The Bertz CT molecular complexity index is 361. The molecule has 0 fully saturated rings. The van der Waals surface area contributed by atoms with E-state index in [1.807, 2.05) is 13.0 Å². The molecule has 1 aromatic rings. The van der Waals surface area contributed by atoms with E-state index in [1.54, 1.807) is 12.1 Å². The fourth-order valence-electron chi connectivity index (χ4n) is 1.08. The predicted molar refractivity (Wildman–Crippen MR) is 54.3 cm³/mol. The van der Waals surface area contributed by atoms with Crippen LogP contribution < -0.4 is 11.1 Å². The summed E-state index contributed by atoms with van der Waals surface area (Å²) >= 11 is 0. The van der Waals surface area contributed by atoms with Gasteiger partial charge in [-0.2, -0.15) is 0 Å². The molecule has 74 valence electrons. The first kappa shape index (κ1) is 10.4. The van der Waals surface area contributed by atoms with Crippen molar-refractivity contribution in [3.8, 4) is 0 Å². The van der Waals surface area contributed by atoms with Crippen LogP contribution in [0.25, 0.3) is 0 Å². The molecular formula is C10H12N2O2. The van der Waals surface area contributed by atoms with E-state index in [1.165, 1.54) is 0 Å². The molecule has 0 aromatic heterocycles. The molecule has 1 rings (SSSR count). The quantitative estimate of drug-likeness (QED) is 0.692. The number of nitrogens with one attached hydrogen (secondary N) is 1. The zero-order chi connectivity index (χ0) is 10.6. The summed E-state index contributed by atoms with van der Waals surface area (Å²) in [5, 5.41) is 2.56.